The SMILES string of the molecule is NC(Cc1ccccc1)C(=O)NCC(=O)NC(CCC(=O)O)C(=O)NCC(=O)O. The number of nitrogens with one attached hydrogen (secondary N) is 3. The van der Waals surface area contributed by atoms with Gasteiger partial charge in [0.25, 0.3) is 0 Å². The van der Waals surface area contributed by atoms with Crippen LogP contribution in [0.15, 0.2) is 30.3 Å². The van der Waals surface area contributed by atoms with E-state index in [4.69, 9.17) is 15.9 Å². The van der Waals surface area contributed by atoms with Gasteiger partial charge in [-0.15, -0.1) is 0 Å². The average Bonchev–Trinajstić information content (AvgIpc) is 2.67. The Bertz CT molecular complexity index is 739. The van der Waals surface area contributed by atoms with E-state index in [1.165, 1.54) is 0 Å². The maximum atomic E-state index is 12.0. The second-order valence-corrected chi connectivity index (χ2v) is 6.18. The van der Waals surface area contributed by atoms with Crippen LogP contribution in [0, 0.1) is 0 Å². The molecular formula is C18H24N4O7. The summed E-state index contributed by atoms with van der Waals surface area (Å²) in [4.78, 5) is 57.2. The van der Waals surface area contributed by atoms with Crippen molar-refractivity contribution in [2.75, 3.05) is 13.1 Å². The van der Waals surface area contributed by atoms with Crippen molar-refractivity contribution in [3.05, 3.63) is 35.9 Å². The maximum absolute atomic E-state index is 12.0. The van der Waals surface area contributed by atoms with Crippen LogP contribution in [0.25, 0.3) is 0 Å². The van der Waals surface area contributed by atoms with Crippen LogP contribution in [0.2, 0.25) is 0 Å². The number of carbonyl (C=O) groups is 5. The summed E-state index contributed by atoms with van der Waals surface area (Å²) in [7, 11) is 0. The Kier molecular flexibility index (Phi) is 9.82. The van der Waals surface area contributed by atoms with Gasteiger partial charge in [-0.2, -0.15) is 0 Å². The van der Waals surface area contributed by atoms with E-state index in [1.54, 1.807) is 12.1 Å². The van der Waals surface area contributed by atoms with Gasteiger partial charge in [0, 0.05) is 6.42 Å². The number of aliphatic carboxylic acids is 2. The Balaban J connectivity index is 2.53. The van der Waals surface area contributed by atoms with Crippen LogP contribution in [0.3, 0.4) is 0 Å². The van der Waals surface area contributed by atoms with Crippen molar-refractivity contribution in [1.82, 2.24) is 16.0 Å². The molecule has 0 saturated carbocycles. The molecule has 29 heavy (non-hydrogen) atoms. The normalized spacial score (nSPS) is 12.3. The molecule has 11 nitrogen and oxygen atoms in total. The quantitative estimate of drug-likeness (QED) is 0.234. The highest BCUT2D eigenvalue weighted by molar-refractivity contribution is 5.92. The van der Waals surface area contributed by atoms with Gasteiger partial charge in [0.05, 0.1) is 12.6 Å². The fourth-order valence-corrected chi connectivity index (χ4v) is 2.33. The molecule has 0 heterocycles. The molecule has 1 aromatic carbocycles. The molecule has 0 aliphatic rings. The Hall–Kier alpha value is -3.47. The van der Waals surface area contributed by atoms with Gasteiger partial charge in [-0.1, -0.05) is 30.3 Å². The van der Waals surface area contributed by atoms with Gasteiger partial charge in [-0.05, 0) is 18.4 Å². The first kappa shape index (κ1) is 23.6. The lowest BCUT2D eigenvalue weighted by Crippen LogP contribution is -2.51. The minimum atomic E-state index is -1.29. The topological polar surface area (TPSA) is 188 Å². The van der Waals surface area contributed by atoms with E-state index in [0.717, 1.165) is 5.56 Å². The van der Waals surface area contributed by atoms with Gasteiger partial charge in [-0.25, -0.2) is 0 Å². The summed E-state index contributed by atoms with van der Waals surface area (Å²) < 4.78 is 0. The third kappa shape index (κ3) is 9.86. The van der Waals surface area contributed by atoms with Crippen molar-refractivity contribution in [3.8, 4) is 0 Å². The lowest BCUT2D eigenvalue weighted by molar-refractivity contribution is -0.140. The molecule has 0 aliphatic heterocycles. The minimum absolute atomic E-state index is 0.242. The number of benzene rings is 1. The summed E-state index contributed by atoms with van der Waals surface area (Å²) in [6.45, 7) is -1.15. The number of carboxylic acid groups (broad SMARTS) is 2. The molecule has 1 aromatic rings. The van der Waals surface area contributed by atoms with Crippen LogP contribution in [0.1, 0.15) is 18.4 Å². The predicted octanol–water partition coefficient (Wildman–Crippen LogP) is -1.78. The van der Waals surface area contributed by atoms with E-state index in [-0.39, 0.29) is 12.8 Å². The number of carbonyl (C=O) groups excluding carboxylic acids is 3. The monoisotopic (exact) mass is 408 g/mol. The molecular weight excluding hydrogens is 384 g/mol. The first-order valence-electron chi connectivity index (χ1n) is 8.77. The first-order chi connectivity index (χ1) is 13.7. The molecule has 2 atom stereocenters. The zero-order valence-electron chi connectivity index (χ0n) is 15.6. The zero-order valence-corrected chi connectivity index (χ0v) is 15.6. The van der Waals surface area contributed by atoms with Gasteiger partial charge >= 0.3 is 11.9 Å². The number of nitrogens with two attached hydrogens (primary N) is 1. The molecule has 0 fully saturated rings. The van der Waals surface area contributed by atoms with Gasteiger partial charge in [0.1, 0.15) is 12.6 Å². The molecule has 3 amide bonds. The number of hydrogen-bond donors (Lipinski definition) is 6. The van der Waals surface area contributed by atoms with Crippen LogP contribution < -0.4 is 21.7 Å². The van der Waals surface area contributed by atoms with Crippen LogP contribution in [-0.4, -0.2) is 65.0 Å². The molecule has 0 bridgehead atoms. The molecule has 0 spiro atoms. The molecule has 0 saturated heterocycles. The van der Waals surface area contributed by atoms with E-state index in [1.807, 2.05) is 18.2 Å². The van der Waals surface area contributed by atoms with Crippen molar-refractivity contribution >= 4 is 29.7 Å². The fourth-order valence-electron chi connectivity index (χ4n) is 2.33. The van der Waals surface area contributed by atoms with E-state index in [9.17, 15) is 24.0 Å². The molecule has 158 valence electrons. The number of carboxylic acids is 2. The number of amides is 3. The third-order valence-electron chi connectivity index (χ3n) is 3.77. The van der Waals surface area contributed by atoms with Crippen molar-refractivity contribution in [3.63, 3.8) is 0 Å². The highest BCUT2D eigenvalue weighted by Gasteiger charge is 2.23. The number of hydrogen-bond acceptors (Lipinski definition) is 6. The van der Waals surface area contributed by atoms with E-state index >= 15 is 0 Å². The molecule has 1 rings (SSSR count). The van der Waals surface area contributed by atoms with Crippen molar-refractivity contribution in [1.29, 1.82) is 0 Å². The Labute approximate surface area is 166 Å². The summed E-state index contributed by atoms with van der Waals surface area (Å²) >= 11 is 0. The zero-order chi connectivity index (χ0) is 21.8. The summed E-state index contributed by atoms with van der Waals surface area (Å²) in [5.41, 5.74) is 6.66. The summed E-state index contributed by atoms with van der Waals surface area (Å²) in [6.07, 6.45) is -0.388. The summed E-state index contributed by atoms with van der Waals surface area (Å²) in [6, 6.07) is 6.91. The highest BCUT2D eigenvalue weighted by Crippen LogP contribution is 2.02. The van der Waals surface area contributed by atoms with E-state index in [0.29, 0.717) is 0 Å². The second kappa shape index (κ2) is 12.1. The smallest absolute Gasteiger partial charge is 0.322 e. The average molecular weight is 408 g/mol. The second-order valence-electron chi connectivity index (χ2n) is 6.18. The molecule has 0 aromatic heterocycles. The molecule has 0 aliphatic carbocycles. The van der Waals surface area contributed by atoms with Gasteiger partial charge < -0.3 is 31.9 Å². The van der Waals surface area contributed by atoms with Gasteiger partial charge in [-0.3, -0.25) is 24.0 Å². The fraction of sp³-hybridized carbons (Fsp3) is 0.389. The van der Waals surface area contributed by atoms with Crippen molar-refractivity contribution in [2.45, 2.75) is 31.3 Å². The standard InChI is InChI=1S/C18H24N4O7/c19-12(8-11-4-2-1-3-5-11)17(28)20-9-14(23)22-13(6-7-15(24)25)18(29)21-10-16(26)27/h1-5,12-13H,6-10,19H2,(H,20,28)(H,21,29)(H,22,23)(H,24,25)(H,26,27). The van der Waals surface area contributed by atoms with Crippen molar-refractivity contribution in [2.24, 2.45) is 5.73 Å². The lowest BCUT2D eigenvalue weighted by atomic mass is 10.1. The van der Waals surface area contributed by atoms with Crippen LogP contribution in [0.5, 0.6) is 0 Å². The summed E-state index contributed by atoms with van der Waals surface area (Å²) in [5, 5.41) is 24.0. The molecule has 2 unspecified atom stereocenters. The lowest BCUT2D eigenvalue weighted by Gasteiger charge is -2.18. The molecule has 7 N–H and O–H groups in total. The maximum Gasteiger partial charge on any atom is 0.322 e. The Morgan fingerprint density at radius 3 is 2.10 bits per heavy atom. The Morgan fingerprint density at radius 2 is 1.52 bits per heavy atom. The summed E-state index contributed by atoms with van der Waals surface area (Å²) in [5.74, 6) is -4.63. The Morgan fingerprint density at radius 1 is 0.897 bits per heavy atom. The van der Waals surface area contributed by atoms with Crippen LogP contribution >= 0.6 is 0 Å². The largest absolute Gasteiger partial charge is 0.481 e. The van der Waals surface area contributed by atoms with Gasteiger partial charge in [0.15, 0.2) is 0 Å². The molecule has 0 radical (unpaired) electrons. The van der Waals surface area contributed by atoms with Gasteiger partial charge in [0.2, 0.25) is 17.7 Å². The van der Waals surface area contributed by atoms with Crippen LogP contribution in [-0.2, 0) is 30.4 Å². The van der Waals surface area contributed by atoms with Crippen LogP contribution in [0.4, 0.5) is 0 Å². The van der Waals surface area contributed by atoms with E-state index in [2.05, 4.69) is 16.0 Å². The minimum Gasteiger partial charge on any atom is -0.481 e. The van der Waals surface area contributed by atoms with E-state index < -0.39 is 61.3 Å². The predicted molar refractivity (Wildman–Crippen MR) is 101 cm³/mol. The van der Waals surface area contributed by atoms with Crippen molar-refractivity contribution < 1.29 is 34.2 Å². The third-order valence-corrected chi connectivity index (χ3v) is 3.77. The number of rotatable bonds is 12. The molecule has 11 heteroatoms. The first-order valence-corrected chi connectivity index (χ1v) is 8.77. The highest BCUT2D eigenvalue weighted by atomic mass is 16.4.